The van der Waals surface area contributed by atoms with Crippen LogP contribution in [0.15, 0.2) is 60.8 Å². The molecular weight excluding hydrogens is 298 g/mol. The Labute approximate surface area is 143 Å². The number of nitrogens with zero attached hydrogens (tertiary/aromatic N) is 2. The van der Waals surface area contributed by atoms with Crippen molar-refractivity contribution in [3.63, 3.8) is 0 Å². The Morgan fingerprint density at radius 2 is 1.92 bits per heavy atom. The van der Waals surface area contributed by atoms with Crippen LogP contribution in [0.4, 0.5) is 11.4 Å². The van der Waals surface area contributed by atoms with Crippen molar-refractivity contribution in [1.29, 1.82) is 0 Å². The lowest BCUT2D eigenvalue weighted by Crippen LogP contribution is -2.28. The van der Waals surface area contributed by atoms with Crippen LogP contribution in [0.1, 0.15) is 6.92 Å². The number of nitrogens with one attached hydrogen (secondary N) is 1. The number of likely N-dealkylation sites (N-methyl/N-ethyl adjacent to an activating group) is 1. The summed E-state index contributed by atoms with van der Waals surface area (Å²) in [5.41, 5.74) is 3.23. The summed E-state index contributed by atoms with van der Waals surface area (Å²) in [7, 11) is 1.69. The molecule has 2 aromatic carbocycles. The maximum Gasteiger partial charge on any atom is 0.121 e. The van der Waals surface area contributed by atoms with Crippen LogP contribution in [0.25, 0.3) is 10.9 Å². The van der Waals surface area contributed by atoms with Crippen LogP contribution in [-0.2, 0) is 0 Å². The number of ether oxygens (including phenoxy) is 1. The van der Waals surface area contributed by atoms with Crippen LogP contribution in [-0.4, -0.2) is 31.7 Å². The highest BCUT2D eigenvalue weighted by molar-refractivity contribution is 5.91. The lowest BCUT2D eigenvalue weighted by Gasteiger charge is -2.23. The van der Waals surface area contributed by atoms with Gasteiger partial charge in [0.25, 0.3) is 0 Å². The van der Waals surface area contributed by atoms with Gasteiger partial charge in [0.05, 0.1) is 18.3 Å². The number of methoxy groups -OCH3 is 1. The van der Waals surface area contributed by atoms with Gasteiger partial charge in [0.15, 0.2) is 0 Å². The first-order valence-electron chi connectivity index (χ1n) is 8.28. The highest BCUT2D eigenvalue weighted by Gasteiger charge is 2.07. The van der Waals surface area contributed by atoms with E-state index < -0.39 is 0 Å². The molecule has 0 fully saturated rings. The van der Waals surface area contributed by atoms with Crippen molar-refractivity contribution < 1.29 is 4.74 Å². The van der Waals surface area contributed by atoms with E-state index in [1.54, 1.807) is 7.11 Å². The molecule has 4 nitrogen and oxygen atoms in total. The van der Waals surface area contributed by atoms with Gasteiger partial charge in [-0.25, -0.2) is 0 Å². The van der Waals surface area contributed by atoms with E-state index in [1.165, 1.54) is 5.69 Å². The molecule has 3 aromatic rings. The topological polar surface area (TPSA) is 37.4 Å². The minimum atomic E-state index is 0.835. The Hall–Kier alpha value is -2.75. The van der Waals surface area contributed by atoms with Crippen molar-refractivity contribution in [2.45, 2.75) is 6.92 Å². The number of pyridine rings is 1. The highest BCUT2D eigenvalue weighted by Crippen LogP contribution is 2.27. The molecule has 0 atom stereocenters. The molecule has 124 valence electrons. The Morgan fingerprint density at radius 3 is 2.67 bits per heavy atom. The van der Waals surface area contributed by atoms with Gasteiger partial charge >= 0.3 is 0 Å². The molecule has 1 heterocycles. The monoisotopic (exact) mass is 321 g/mol. The van der Waals surface area contributed by atoms with Crippen molar-refractivity contribution in [2.75, 3.05) is 37.0 Å². The molecule has 0 spiro atoms. The summed E-state index contributed by atoms with van der Waals surface area (Å²) in [6.07, 6.45) is 1.82. The number of hydrogen-bond acceptors (Lipinski definition) is 4. The second-order valence-corrected chi connectivity index (χ2v) is 5.59. The van der Waals surface area contributed by atoms with Crippen molar-refractivity contribution in [2.24, 2.45) is 0 Å². The fourth-order valence-electron chi connectivity index (χ4n) is 2.85. The van der Waals surface area contributed by atoms with Crippen LogP contribution in [0.2, 0.25) is 0 Å². The first kappa shape index (κ1) is 16.1. The van der Waals surface area contributed by atoms with Crippen LogP contribution in [0.3, 0.4) is 0 Å². The van der Waals surface area contributed by atoms with E-state index in [-0.39, 0.29) is 0 Å². The van der Waals surface area contributed by atoms with Crippen LogP contribution in [0, 0.1) is 0 Å². The molecule has 0 saturated carbocycles. The Balaban J connectivity index is 1.73. The summed E-state index contributed by atoms with van der Waals surface area (Å²) in [6, 6.07) is 18.5. The summed E-state index contributed by atoms with van der Waals surface area (Å²) in [5, 5.41) is 4.59. The van der Waals surface area contributed by atoms with E-state index in [0.29, 0.717) is 0 Å². The molecule has 0 aliphatic carbocycles. The largest absolute Gasteiger partial charge is 0.497 e. The fraction of sp³-hybridized carbons (Fsp3) is 0.250. The average molecular weight is 321 g/mol. The number of benzene rings is 2. The van der Waals surface area contributed by atoms with Gasteiger partial charge in [-0.05, 0) is 31.2 Å². The number of para-hydroxylation sites is 1. The average Bonchev–Trinajstić information content (AvgIpc) is 2.65. The van der Waals surface area contributed by atoms with Crippen LogP contribution >= 0.6 is 0 Å². The molecule has 1 aromatic heterocycles. The van der Waals surface area contributed by atoms with E-state index in [4.69, 9.17) is 4.74 Å². The molecular formula is C20H23N3O. The first-order valence-corrected chi connectivity index (χ1v) is 8.28. The zero-order chi connectivity index (χ0) is 16.8. The molecule has 1 N–H and O–H groups in total. The minimum absolute atomic E-state index is 0.835. The van der Waals surface area contributed by atoms with Gasteiger partial charge in [0, 0.05) is 43.0 Å². The van der Waals surface area contributed by atoms with Gasteiger partial charge in [-0.1, -0.05) is 24.3 Å². The third-order valence-electron chi connectivity index (χ3n) is 4.11. The number of hydrogen-bond donors (Lipinski definition) is 1. The number of rotatable bonds is 7. The zero-order valence-electron chi connectivity index (χ0n) is 14.2. The molecule has 3 rings (SSSR count). The smallest absolute Gasteiger partial charge is 0.121 e. The minimum Gasteiger partial charge on any atom is -0.497 e. The Kier molecular flexibility index (Phi) is 5.16. The summed E-state index contributed by atoms with van der Waals surface area (Å²) in [6.45, 7) is 4.91. The third kappa shape index (κ3) is 3.59. The van der Waals surface area contributed by atoms with Crippen molar-refractivity contribution in [3.8, 4) is 5.75 Å². The van der Waals surface area contributed by atoms with Crippen LogP contribution < -0.4 is 15.0 Å². The standard InChI is InChI=1S/C20H23N3O/c1-3-23(17-9-5-4-6-10-17)13-12-21-19-15-18(24-2)14-16-8-7-11-22-20(16)19/h4-11,14-15,21H,3,12-13H2,1-2H3. The lowest BCUT2D eigenvalue weighted by molar-refractivity contribution is 0.415. The molecule has 0 bridgehead atoms. The Bertz CT molecular complexity index is 789. The third-order valence-corrected chi connectivity index (χ3v) is 4.11. The summed E-state index contributed by atoms with van der Waals surface area (Å²) < 4.78 is 5.40. The lowest BCUT2D eigenvalue weighted by atomic mass is 10.1. The number of fused-ring (bicyclic) bond motifs is 1. The molecule has 0 radical (unpaired) electrons. The van der Waals surface area contributed by atoms with E-state index in [1.807, 2.05) is 30.5 Å². The second-order valence-electron chi connectivity index (χ2n) is 5.59. The second kappa shape index (κ2) is 7.68. The summed E-state index contributed by atoms with van der Waals surface area (Å²) in [5.74, 6) is 0.841. The summed E-state index contributed by atoms with van der Waals surface area (Å²) >= 11 is 0. The van der Waals surface area contributed by atoms with Crippen molar-refractivity contribution in [1.82, 2.24) is 4.98 Å². The van der Waals surface area contributed by atoms with E-state index in [2.05, 4.69) is 52.5 Å². The van der Waals surface area contributed by atoms with Gasteiger partial charge in [0.2, 0.25) is 0 Å². The van der Waals surface area contributed by atoms with E-state index in [9.17, 15) is 0 Å². The Morgan fingerprint density at radius 1 is 1.08 bits per heavy atom. The SMILES string of the molecule is CCN(CCNc1cc(OC)cc2cccnc12)c1ccccc1. The summed E-state index contributed by atoms with van der Waals surface area (Å²) in [4.78, 5) is 6.85. The number of anilines is 2. The van der Waals surface area contributed by atoms with Gasteiger partial charge < -0.3 is 15.0 Å². The first-order chi connectivity index (χ1) is 11.8. The van der Waals surface area contributed by atoms with Crippen molar-refractivity contribution >= 4 is 22.3 Å². The molecule has 0 unspecified atom stereocenters. The van der Waals surface area contributed by atoms with E-state index in [0.717, 1.165) is 42.0 Å². The van der Waals surface area contributed by atoms with Crippen molar-refractivity contribution in [3.05, 3.63) is 60.8 Å². The van der Waals surface area contributed by atoms with Gasteiger partial charge in [-0.15, -0.1) is 0 Å². The molecule has 0 amide bonds. The highest BCUT2D eigenvalue weighted by atomic mass is 16.5. The maximum atomic E-state index is 5.40. The predicted octanol–water partition coefficient (Wildman–Crippen LogP) is 4.18. The normalized spacial score (nSPS) is 10.6. The molecule has 4 heteroatoms. The van der Waals surface area contributed by atoms with Gasteiger partial charge in [-0.2, -0.15) is 0 Å². The fourth-order valence-corrected chi connectivity index (χ4v) is 2.85. The predicted molar refractivity (Wildman–Crippen MR) is 101 cm³/mol. The number of aromatic nitrogens is 1. The van der Waals surface area contributed by atoms with E-state index >= 15 is 0 Å². The molecule has 0 saturated heterocycles. The zero-order valence-corrected chi connectivity index (χ0v) is 14.2. The molecule has 0 aliphatic rings. The molecule has 24 heavy (non-hydrogen) atoms. The quantitative estimate of drug-likeness (QED) is 0.708. The molecule has 0 aliphatic heterocycles. The van der Waals surface area contributed by atoms with Gasteiger partial charge in [0.1, 0.15) is 5.75 Å². The maximum absolute atomic E-state index is 5.40. The van der Waals surface area contributed by atoms with Gasteiger partial charge in [-0.3, -0.25) is 4.98 Å². The van der Waals surface area contributed by atoms with Crippen LogP contribution in [0.5, 0.6) is 5.75 Å².